The average molecular weight is 573 g/mol. The Morgan fingerprint density at radius 1 is 0.905 bits per heavy atom. The molecule has 4 aromatic rings. The number of H-pyrrole nitrogens is 1. The van der Waals surface area contributed by atoms with E-state index in [2.05, 4.69) is 4.98 Å². The zero-order valence-electron chi connectivity index (χ0n) is 23.5. The normalized spacial score (nSPS) is 25.0. The van der Waals surface area contributed by atoms with Crippen LogP contribution in [0.15, 0.2) is 101 Å². The molecule has 0 amide bonds. The molecule has 2 aliphatic heterocycles. The van der Waals surface area contributed by atoms with Crippen molar-refractivity contribution in [1.82, 2.24) is 9.55 Å². The van der Waals surface area contributed by atoms with Gasteiger partial charge in [0.1, 0.15) is 28.8 Å². The molecule has 2 bridgehead atoms. The van der Waals surface area contributed by atoms with Crippen molar-refractivity contribution in [3.05, 3.63) is 129 Å². The fourth-order valence-corrected chi connectivity index (χ4v) is 5.99. The smallest absolute Gasteiger partial charge is 0.332 e. The number of hydrogen-bond donors (Lipinski definition) is 2. The van der Waals surface area contributed by atoms with Crippen molar-refractivity contribution < 1.29 is 28.8 Å². The van der Waals surface area contributed by atoms with E-state index in [-0.39, 0.29) is 13.0 Å². The van der Waals surface area contributed by atoms with Gasteiger partial charge < -0.3 is 28.8 Å². The quantitative estimate of drug-likeness (QED) is 0.294. The molecule has 10 heteroatoms. The number of nitrogens with zero attached hydrogens (tertiary/aromatic N) is 1. The molecule has 0 spiro atoms. The predicted molar refractivity (Wildman–Crippen MR) is 153 cm³/mol. The van der Waals surface area contributed by atoms with E-state index < -0.39 is 40.6 Å². The number of nitrogens with one attached hydrogen (secondary N) is 1. The molecule has 3 heterocycles. The van der Waals surface area contributed by atoms with Gasteiger partial charge in [0.15, 0.2) is 0 Å². The van der Waals surface area contributed by atoms with Gasteiger partial charge in [-0.3, -0.25) is 9.78 Å². The van der Waals surface area contributed by atoms with Crippen molar-refractivity contribution in [2.24, 2.45) is 0 Å². The zero-order chi connectivity index (χ0) is 29.5. The van der Waals surface area contributed by atoms with Crippen molar-refractivity contribution in [1.29, 1.82) is 0 Å². The van der Waals surface area contributed by atoms with Crippen molar-refractivity contribution in [3.8, 4) is 11.5 Å². The van der Waals surface area contributed by atoms with Crippen LogP contribution < -0.4 is 20.7 Å². The predicted octanol–water partition coefficient (Wildman–Crippen LogP) is 3.11. The summed E-state index contributed by atoms with van der Waals surface area (Å²) in [5, 5.41) is 11.6. The van der Waals surface area contributed by atoms with E-state index in [0.29, 0.717) is 11.5 Å². The van der Waals surface area contributed by atoms with Crippen molar-refractivity contribution in [2.45, 2.75) is 42.7 Å². The molecule has 2 fully saturated rings. The lowest BCUT2D eigenvalue weighted by atomic mass is 9.79. The number of fused-ring (bicyclic) bond motifs is 2. The molecule has 2 aliphatic rings. The summed E-state index contributed by atoms with van der Waals surface area (Å²) >= 11 is 0. The molecule has 2 saturated heterocycles. The topological polar surface area (TPSA) is 121 Å². The Labute approximate surface area is 242 Å². The van der Waals surface area contributed by atoms with E-state index >= 15 is 0 Å². The molecule has 218 valence electrons. The van der Waals surface area contributed by atoms with Crippen LogP contribution in [0.5, 0.6) is 11.5 Å². The second kappa shape index (κ2) is 10.6. The number of aromatic nitrogens is 2. The minimum absolute atomic E-state index is 0.00195. The molecule has 0 aliphatic carbocycles. The van der Waals surface area contributed by atoms with E-state index in [1.807, 2.05) is 85.8 Å². The average Bonchev–Trinajstić information content (AvgIpc) is 3.49. The largest absolute Gasteiger partial charge is 0.497 e. The van der Waals surface area contributed by atoms with E-state index in [9.17, 15) is 14.7 Å². The molecular weight excluding hydrogens is 540 g/mol. The maximum atomic E-state index is 12.6. The highest BCUT2D eigenvalue weighted by Gasteiger charge is 2.67. The molecule has 2 N–H and O–H groups in total. The third-order valence-corrected chi connectivity index (χ3v) is 8.29. The Morgan fingerprint density at radius 2 is 1.48 bits per heavy atom. The summed E-state index contributed by atoms with van der Waals surface area (Å²) in [7, 11) is 3.23. The van der Waals surface area contributed by atoms with E-state index in [0.717, 1.165) is 27.3 Å². The molecule has 0 radical (unpaired) electrons. The number of benzene rings is 3. The Kier molecular flexibility index (Phi) is 7.02. The first-order valence-electron chi connectivity index (χ1n) is 13.6. The van der Waals surface area contributed by atoms with Crippen LogP contribution in [0, 0.1) is 0 Å². The molecule has 1 aromatic heterocycles. The minimum Gasteiger partial charge on any atom is -0.497 e. The summed E-state index contributed by atoms with van der Waals surface area (Å²) in [5.41, 5.74) is -1.08. The van der Waals surface area contributed by atoms with Gasteiger partial charge in [-0.25, -0.2) is 9.36 Å². The molecule has 6 rings (SSSR count). The molecule has 4 atom stereocenters. The minimum atomic E-state index is -2.13. The van der Waals surface area contributed by atoms with Gasteiger partial charge in [-0.05, 0) is 47.9 Å². The van der Waals surface area contributed by atoms with Gasteiger partial charge in [0.25, 0.3) is 11.5 Å². The maximum Gasteiger partial charge on any atom is 0.332 e. The van der Waals surface area contributed by atoms with Crippen LogP contribution in [0.25, 0.3) is 0 Å². The first-order valence-corrected chi connectivity index (χ1v) is 13.6. The standard InChI is InChI=1S/C32H32N2O8/c1-21-30(19-27(41-21)32(37,42-30)34-18-17-28(35)33-29(34)36)20-40-31(22-7-5-4-6-8-22,23-9-13-25(38-2)14-10-23)24-11-15-26(39-3)16-12-24/h4-18,21,27,37H,19-20H2,1-3H3,(H,33,35,36). The Bertz CT molecular complexity index is 1620. The van der Waals surface area contributed by atoms with Gasteiger partial charge in [0.05, 0.1) is 26.9 Å². The summed E-state index contributed by atoms with van der Waals surface area (Å²) < 4.78 is 31.3. The Balaban J connectivity index is 1.45. The highest BCUT2D eigenvalue weighted by Crippen LogP contribution is 2.52. The number of hydrogen-bond acceptors (Lipinski definition) is 8. The SMILES string of the molecule is COc1ccc(C(OCC23CC(OC2C)C(O)(n2ccc(=O)[nH]c2=O)O3)(c2ccccc2)c2ccc(OC)cc2)cc1. The van der Waals surface area contributed by atoms with E-state index in [1.54, 1.807) is 14.2 Å². The Morgan fingerprint density at radius 3 is 2.02 bits per heavy atom. The fourth-order valence-electron chi connectivity index (χ4n) is 5.99. The fraction of sp³-hybridized carbons (Fsp3) is 0.312. The number of methoxy groups -OCH3 is 2. The summed E-state index contributed by atoms with van der Waals surface area (Å²) in [5.74, 6) is -0.734. The molecule has 10 nitrogen and oxygen atoms in total. The summed E-state index contributed by atoms with van der Waals surface area (Å²) in [4.78, 5) is 26.5. The molecular formula is C32H32N2O8. The van der Waals surface area contributed by atoms with Crippen LogP contribution in [0.1, 0.15) is 30.0 Å². The number of aromatic amines is 1. The highest BCUT2D eigenvalue weighted by atomic mass is 16.7. The van der Waals surface area contributed by atoms with E-state index in [1.165, 1.54) is 6.20 Å². The number of rotatable bonds is 9. The lowest BCUT2D eigenvalue weighted by molar-refractivity contribution is -0.369. The van der Waals surface area contributed by atoms with Gasteiger partial charge in [-0.1, -0.05) is 54.6 Å². The highest BCUT2D eigenvalue weighted by molar-refractivity contribution is 5.49. The zero-order valence-corrected chi connectivity index (χ0v) is 23.5. The third-order valence-electron chi connectivity index (χ3n) is 8.29. The molecule has 4 unspecified atom stereocenters. The van der Waals surface area contributed by atoms with Crippen LogP contribution in [0.2, 0.25) is 0 Å². The van der Waals surface area contributed by atoms with Crippen LogP contribution in [-0.4, -0.2) is 53.3 Å². The number of ether oxygens (including phenoxy) is 5. The molecule has 0 saturated carbocycles. The van der Waals surface area contributed by atoms with Gasteiger partial charge in [-0.15, -0.1) is 0 Å². The molecule has 42 heavy (non-hydrogen) atoms. The van der Waals surface area contributed by atoms with Crippen LogP contribution in [-0.2, 0) is 25.7 Å². The van der Waals surface area contributed by atoms with Crippen molar-refractivity contribution in [2.75, 3.05) is 20.8 Å². The molecule has 3 aromatic carbocycles. The van der Waals surface area contributed by atoms with Crippen LogP contribution in [0.3, 0.4) is 0 Å². The second-order valence-corrected chi connectivity index (χ2v) is 10.6. The summed E-state index contributed by atoms with van der Waals surface area (Å²) in [6.07, 6.45) is 0.119. The van der Waals surface area contributed by atoms with Gasteiger partial charge in [0.2, 0.25) is 0 Å². The van der Waals surface area contributed by atoms with Gasteiger partial charge >= 0.3 is 5.69 Å². The van der Waals surface area contributed by atoms with Crippen LogP contribution in [0.4, 0.5) is 0 Å². The maximum absolute atomic E-state index is 12.6. The second-order valence-electron chi connectivity index (χ2n) is 10.6. The van der Waals surface area contributed by atoms with Gasteiger partial charge in [-0.2, -0.15) is 0 Å². The lowest BCUT2D eigenvalue weighted by Crippen LogP contribution is -2.57. The van der Waals surface area contributed by atoms with Crippen molar-refractivity contribution >= 4 is 0 Å². The Hall–Kier alpha value is -4.22. The van der Waals surface area contributed by atoms with Gasteiger partial charge in [0, 0.05) is 18.7 Å². The van der Waals surface area contributed by atoms with Crippen molar-refractivity contribution in [3.63, 3.8) is 0 Å². The van der Waals surface area contributed by atoms with Crippen LogP contribution >= 0.6 is 0 Å². The third kappa shape index (κ3) is 4.44. The lowest BCUT2D eigenvalue weighted by Gasteiger charge is -2.43. The monoisotopic (exact) mass is 572 g/mol. The summed E-state index contributed by atoms with van der Waals surface area (Å²) in [6, 6.07) is 26.3. The first-order chi connectivity index (χ1) is 20.2. The number of aliphatic hydroxyl groups is 1. The first kappa shape index (κ1) is 27.9. The van der Waals surface area contributed by atoms with E-state index in [4.69, 9.17) is 23.7 Å². The summed E-state index contributed by atoms with van der Waals surface area (Å²) in [6.45, 7) is 1.85.